The van der Waals surface area contributed by atoms with Gasteiger partial charge in [0.15, 0.2) is 5.82 Å². The van der Waals surface area contributed by atoms with E-state index in [1.165, 1.54) is 11.8 Å². The van der Waals surface area contributed by atoms with Crippen LogP contribution in [0, 0.1) is 0 Å². The van der Waals surface area contributed by atoms with Gasteiger partial charge in [-0.3, -0.25) is 4.79 Å². The number of phenols is 1. The van der Waals surface area contributed by atoms with Gasteiger partial charge in [0.1, 0.15) is 5.75 Å². The first-order valence-corrected chi connectivity index (χ1v) is 14.7. The highest BCUT2D eigenvalue weighted by atomic mass is 32.2. The van der Waals surface area contributed by atoms with Gasteiger partial charge in [0, 0.05) is 29.0 Å². The molecule has 2 heterocycles. The third kappa shape index (κ3) is 7.10. The van der Waals surface area contributed by atoms with Crippen LogP contribution in [0.5, 0.6) is 5.75 Å². The summed E-state index contributed by atoms with van der Waals surface area (Å²) >= 11 is 1.53. The number of phenolic OH excluding ortho intramolecular Hbond substituents is 1. The molecular weight excluding hydrogens is 506 g/mol. The van der Waals surface area contributed by atoms with E-state index in [9.17, 15) is 9.90 Å². The summed E-state index contributed by atoms with van der Waals surface area (Å²) in [6.45, 7) is 13.3. The van der Waals surface area contributed by atoms with Crippen LogP contribution < -0.4 is 4.90 Å². The van der Waals surface area contributed by atoms with Crippen LogP contribution in [0.4, 0.5) is 5.69 Å². The number of benzene rings is 2. The molecule has 0 saturated heterocycles. The number of amides is 1. The Morgan fingerprint density at radius 1 is 0.949 bits per heavy atom. The fourth-order valence-electron chi connectivity index (χ4n) is 4.89. The highest BCUT2D eigenvalue weighted by molar-refractivity contribution is 8.04. The molecule has 39 heavy (non-hydrogen) atoms. The minimum atomic E-state index is -0.230. The molecule has 0 spiro atoms. The number of aromatic nitrogens is 4. The highest BCUT2D eigenvalue weighted by Gasteiger charge is 2.30. The Morgan fingerprint density at radius 3 is 2.23 bits per heavy atom. The van der Waals surface area contributed by atoms with Crippen molar-refractivity contribution in [2.75, 3.05) is 11.4 Å². The standard InChI is InChI=1S/C31H41N5O2S/c1-30(2,3)22-18-21(19-23(28(22)37)31(4,5)6)20-26-29(38)36(24-14-11-12-15-25(24)39-26)17-13-9-7-8-10-16-27-32-34-35-33-27/h11-12,14-15,18-20,37H,7-10,13,16-17H2,1-6H3,(H,32,33,34,35)/b26-20-. The fourth-order valence-corrected chi connectivity index (χ4v) is 5.95. The van der Waals surface area contributed by atoms with Crippen LogP contribution in [0.25, 0.3) is 6.08 Å². The number of fused-ring (bicyclic) bond motifs is 1. The molecule has 0 atom stereocenters. The van der Waals surface area contributed by atoms with E-state index < -0.39 is 0 Å². The zero-order valence-corrected chi connectivity index (χ0v) is 24.9. The quantitative estimate of drug-likeness (QED) is 0.218. The number of tetrazole rings is 1. The van der Waals surface area contributed by atoms with E-state index in [4.69, 9.17) is 0 Å². The maximum Gasteiger partial charge on any atom is 0.265 e. The molecule has 1 amide bonds. The molecule has 4 rings (SSSR count). The summed E-state index contributed by atoms with van der Waals surface area (Å²) in [5, 5.41) is 25.2. The zero-order valence-electron chi connectivity index (χ0n) is 24.0. The number of anilines is 1. The van der Waals surface area contributed by atoms with Crippen LogP contribution in [-0.2, 0) is 22.0 Å². The smallest absolute Gasteiger partial charge is 0.265 e. The Kier molecular flexibility index (Phi) is 8.84. The summed E-state index contributed by atoms with van der Waals surface area (Å²) in [5.74, 6) is 1.16. The van der Waals surface area contributed by atoms with Crippen molar-refractivity contribution in [1.29, 1.82) is 0 Å². The summed E-state index contributed by atoms with van der Waals surface area (Å²) in [5.41, 5.74) is 3.26. The predicted molar refractivity (Wildman–Crippen MR) is 159 cm³/mol. The number of hydrogen-bond acceptors (Lipinski definition) is 6. The number of aromatic hydroxyl groups is 1. The number of para-hydroxylation sites is 1. The lowest BCUT2D eigenvalue weighted by atomic mass is 9.78. The molecule has 0 aliphatic carbocycles. The Hall–Kier alpha value is -3.13. The van der Waals surface area contributed by atoms with E-state index >= 15 is 0 Å². The van der Waals surface area contributed by atoms with Crippen molar-refractivity contribution in [1.82, 2.24) is 20.6 Å². The predicted octanol–water partition coefficient (Wildman–Crippen LogP) is 7.17. The number of aryl methyl sites for hydroxylation is 1. The van der Waals surface area contributed by atoms with E-state index in [-0.39, 0.29) is 16.7 Å². The molecule has 0 bridgehead atoms. The molecule has 2 aromatic carbocycles. The number of carbonyl (C=O) groups excluding carboxylic acids is 1. The molecule has 0 saturated carbocycles. The van der Waals surface area contributed by atoms with E-state index in [0.29, 0.717) is 17.2 Å². The van der Waals surface area contributed by atoms with Crippen molar-refractivity contribution >= 4 is 29.4 Å². The van der Waals surface area contributed by atoms with Gasteiger partial charge >= 0.3 is 0 Å². The molecule has 1 aliphatic rings. The first kappa shape index (κ1) is 28.9. The first-order chi connectivity index (χ1) is 18.4. The van der Waals surface area contributed by atoms with Crippen LogP contribution in [0.2, 0.25) is 0 Å². The number of carbonyl (C=O) groups is 1. The summed E-state index contributed by atoms with van der Waals surface area (Å²) < 4.78 is 0. The van der Waals surface area contributed by atoms with Crippen LogP contribution in [0.15, 0.2) is 46.2 Å². The largest absolute Gasteiger partial charge is 0.507 e. The monoisotopic (exact) mass is 547 g/mol. The lowest BCUT2D eigenvalue weighted by Gasteiger charge is -2.31. The topological polar surface area (TPSA) is 95.0 Å². The van der Waals surface area contributed by atoms with Crippen LogP contribution >= 0.6 is 11.8 Å². The summed E-state index contributed by atoms with van der Waals surface area (Å²) in [6, 6.07) is 12.2. The maximum absolute atomic E-state index is 13.8. The van der Waals surface area contributed by atoms with Crippen molar-refractivity contribution in [3.8, 4) is 5.75 Å². The number of aromatic amines is 1. The van der Waals surface area contributed by atoms with Gasteiger partial charge in [0.2, 0.25) is 0 Å². The van der Waals surface area contributed by atoms with Crippen molar-refractivity contribution in [2.45, 2.75) is 95.8 Å². The molecule has 0 radical (unpaired) electrons. The van der Waals surface area contributed by atoms with Gasteiger partial charge < -0.3 is 10.0 Å². The van der Waals surface area contributed by atoms with Gasteiger partial charge in [0.05, 0.1) is 10.6 Å². The number of H-pyrrole nitrogens is 1. The van der Waals surface area contributed by atoms with Crippen LogP contribution in [-0.4, -0.2) is 38.2 Å². The van der Waals surface area contributed by atoms with Gasteiger partial charge in [-0.1, -0.05) is 89.9 Å². The normalized spacial score (nSPS) is 15.2. The molecule has 8 heteroatoms. The van der Waals surface area contributed by atoms with Crippen molar-refractivity contribution in [3.05, 3.63) is 63.8 Å². The molecule has 2 N–H and O–H groups in total. The Bertz CT molecular complexity index is 1280. The molecule has 1 aliphatic heterocycles. The van der Waals surface area contributed by atoms with E-state index in [1.807, 2.05) is 41.3 Å². The Balaban J connectivity index is 1.52. The number of hydrogen-bond donors (Lipinski definition) is 2. The molecular formula is C31H41N5O2S. The van der Waals surface area contributed by atoms with Crippen molar-refractivity contribution in [2.24, 2.45) is 0 Å². The molecule has 1 aromatic heterocycles. The van der Waals surface area contributed by atoms with Crippen molar-refractivity contribution < 1.29 is 9.90 Å². The van der Waals surface area contributed by atoms with E-state index in [2.05, 4.69) is 68.2 Å². The second-order valence-corrected chi connectivity index (χ2v) is 13.4. The van der Waals surface area contributed by atoms with Gasteiger partial charge in [0.25, 0.3) is 5.91 Å². The van der Waals surface area contributed by atoms with Gasteiger partial charge in [-0.25, -0.2) is 0 Å². The first-order valence-electron chi connectivity index (χ1n) is 13.9. The minimum Gasteiger partial charge on any atom is -0.507 e. The average Bonchev–Trinajstić information content (AvgIpc) is 3.38. The Labute approximate surface area is 236 Å². The lowest BCUT2D eigenvalue weighted by molar-refractivity contribution is -0.114. The summed E-state index contributed by atoms with van der Waals surface area (Å²) in [6.07, 6.45) is 8.09. The molecule has 0 fully saturated rings. The SMILES string of the molecule is CC(C)(C)c1cc(/C=C2\Sc3ccccc3N(CCCCCCCc3nn[nH]n3)C2=O)cc(C(C)(C)C)c1O. The van der Waals surface area contributed by atoms with E-state index in [1.54, 1.807) is 0 Å². The fraction of sp³-hybridized carbons (Fsp3) is 0.484. The van der Waals surface area contributed by atoms with Crippen LogP contribution in [0.1, 0.15) is 96.2 Å². The molecule has 0 unspecified atom stereocenters. The number of nitrogens with one attached hydrogen (secondary N) is 1. The summed E-state index contributed by atoms with van der Waals surface area (Å²) in [4.78, 5) is 17.5. The second-order valence-electron chi connectivity index (χ2n) is 12.3. The zero-order chi connectivity index (χ0) is 28.2. The number of rotatable bonds is 9. The number of unbranched alkanes of at least 4 members (excludes halogenated alkanes) is 4. The summed E-state index contributed by atoms with van der Waals surface area (Å²) in [7, 11) is 0. The molecule has 3 aromatic rings. The van der Waals surface area contributed by atoms with Crippen molar-refractivity contribution in [3.63, 3.8) is 0 Å². The van der Waals surface area contributed by atoms with E-state index in [0.717, 1.165) is 71.6 Å². The van der Waals surface area contributed by atoms with Crippen LogP contribution in [0.3, 0.4) is 0 Å². The maximum atomic E-state index is 13.8. The number of thioether (sulfide) groups is 1. The number of nitrogens with zero attached hydrogens (tertiary/aromatic N) is 4. The second kappa shape index (κ2) is 11.9. The molecule has 7 nitrogen and oxygen atoms in total. The van der Waals surface area contributed by atoms with Gasteiger partial charge in [-0.15, -0.1) is 10.2 Å². The third-order valence-electron chi connectivity index (χ3n) is 7.05. The van der Waals surface area contributed by atoms with Gasteiger partial charge in [-0.05, 0) is 59.6 Å². The lowest BCUT2D eigenvalue weighted by Crippen LogP contribution is -2.35. The van der Waals surface area contributed by atoms with Gasteiger partial charge in [-0.2, -0.15) is 5.21 Å². The molecule has 208 valence electrons. The third-order valence-corrected chi connectivity index (χ3v) is 8.13. The minimum absolute atomic E-state index is 0.0403. The average molecular weight is 548 g/mol. The Morgan fingerprint density at radius 2 is 1.59 bits per heavy atom. The highest BCUT2D eigenvalue weighted by Crippen LogP contribution is 2.44.